The largest absolute Gasteiger partial charge is 0.493 e. The number of nitrogens with one attached hydrogen (secondary N) is 1. The van der Waals surface area contributed by atoms with Gasteiger partial charge < -0.3 is 10.1 Å². The van der Waals surface area contributed by atoms with Crippen molar-refractivity contribution in [2.24, 2.45) is 0 Å². The fourth-order valence-electron chi connectivity index (χ4n) is 2.64. The second kappa shape index (κ2) is 6.76. The number of aryl methyl sites for hydroxylation is 1. The monoisotopic (exact) mass is 301 g/mol. The van der Waals surface area contributed by atoms with E-state index in [4.69, 9.17) is 4.74 Å². The van der Waals surface area contributed by atoms with E-state index in [1.165, 1.54) is 4.88 Å². The van der Waals surface area contributed by atoms with Gasteiger partial charge in [0, 0.05) is 23.3 Å². The molecule has 1 aliphatic heterocycles. The van der Waals surface area contributed by atoms with E-state index in [0.717, 1.165) is 30.6 Å². The minimum Gasteiger partial charge on any atom is -0.493 e. The number of carbonyl (C=O) groups excluding carboxylic acids is 1. The van der Waals surface area contributed by atoms with Gasteiger partial charge in [0.05, 0.1) is 12.6 Å². The van der Waals surface area contributed by atoms with Crippen molar-refractivity contribution < 1.29 is 9.53 Å². The van der Waals surface area contributed by atoms with Crippen LogP contribution in [-0.4, -0.2) is 12.5 Å². The standard InChI is InChI=1S/C17H19NO2S/c19-17(9-3-5-13-6-4-12-21-13)18-15-10-11-20-16-8-2-1-7-14(15)16/h1-2,4,6-8,12,15H,3,5,9-11H2,(H,18,19)/t15-/m0/s1. The zero-order chi connectivity index (χ0) is 14.5. The molecular weight excluding hydrogens is 282 g/mol. The van der Waals surface area contributed by atoms with Crippen molar-refractivity contribution in [1.82, 2.24) is 5.32 Å². The van der Waals surface area contributed by atoms with Gasteiger partial charge in [0.15, 0.2) is 0 Å². The van der Waals surface area contributed by atoms with Crippen molar-refractivity contribution >= 4 is 17.2 Å². The summed E-state index contributed by atoms with van der Waals surface area (Å²) in [4.78, 5) is 13.4. The molecule has 1 aromatic carbocycles. The minimum atomic E-state index is 0.0872. The summed E-state index contributed by atoms with van der Waals surface area (Å²) in [6.07, 6.45) is 3.30. The van der Waals surface area contributed by atoms with Crippen LogP contribution in [0.2, 0.25) is 0 Å². The lowest BCUT2D eigenvalue weighted by atomic mass is 10.0. The molecule has 1 aliphatic rings. The summed E-state index contributed by atoms with van der Waals surface area (Å²) in [6, 6.07) is 12.2. The average Bonchev–Trinajstić information content (AvgIpc) is 3.01. The van der Waals surface area contributed by atoms with Crippen LogP contribution in [0.4, 0.5) is 0 Å². The molecule has 0 saturated carbocycles. The topological polar surface area (TPSA) is 38.3 Å². The third-order valence-electron chi connectivity index (χ3n) is 3.70. The van der Waals surface area contributed by atoms with Crippen molar-refractivity contribution in [1.29, 1.82) is 0 Å². The molecule has 1 atom stereocenters. The van der Waals surface area contributed by atoms with Gasteiger partial charge in [-0.3, -0.25) is 4.79 Å². The molecular formula is C17H19NO2S. The molecule has 0 fully saturated rings. The number of ether oxygens (including phenoxy) is 1. The van der Waals surface area contributed by atoms with Crippen molar-refractivity contribution in [3.63, 3.8) is 0 Å². The van der Waals surface area contributed by atoms with Crippen molar-refractivity contribution in [2.75, 3.05) is 6.61 Å². The average molecular weight is 301 g/mol. The number of fused-ring (bicyclic) bond motifs is 1. The normalized spacial score (nSPS) is 16.9. The van der Waals surface area contributed by atoms with Crippen LogP contribution >= 0.6 is 11.3 Å². The Morgan fingerprint density at radius 1 is 1.29 bits per heavy atom. The van der Waals surface area contributed by atoms with E-state index in [-0.39, 0.29) is 11.9 Å². The van der Waals surface area contributed by atoms with Gasteiger partial charge in [0.1, 0.15) is 5.75 Å². The molecule has 3 nitrogen and oxygen atoms in total. The van der Waals surface area contributed by atoms with Crippen molar-refractivity contribution in [3.05, 3.63) is 52.2 Å². The Kier molecular flexibility index (Phi) is 4.55. The number of carbonyl (C=O) groups is 1. The smallest absolute Gasteiger partial charge is 0.220 e. The summed E-state index contributed by atoms with van der Waals surface area (Å²) in [5.41, 5.74) is 1.09. The van der Waals surface area contributed by atoms with Crippen LogP contribution in [0.15, 0.2) is 41.8 Å². The van der Waals surface area contributed by atoms with E-state index in [1.807, 2.05) is 24.3 Å². The maximum absolute atomic E-state index is 12.1. The molecule has 1 amide bonds. The first-order valence-electron chi connectivity index (χ1n) is 7.36. The predicted octanol–water partition coefficient (Wildman–Crippen LogP) is 3.71. The number of benzene rings is 1. The maximum Gasteiger partial charge on any atom is 0.220 e. The number of hydrogen-bond acceptors (Lipinski definition) is 3. The van der Waals surface area contributed by atoms with Gasteiger partial charge in [-0.15, -0.1) is 11.3 Å². The number of hydrogen-bond donors (Lipinski definition) is 1. The fraction of sp³-hybridized carbons (Fsp3) is 0.353. The first-order valence-corrected chi connectivity index (χ1v) is 8.24. The number of rotatable bonds is 5. The molecule has 21 heavy (non-hydrogen) atoms. The third kappa shape index (κ3) is 3.64. The lowest BCUT2D eigenvalue weighted by Crippen LogP contribution is -2.32. The SMILES string of the molecule is O=C(CCCc1cccs1)N[C@H]1CCOc2ccccc21. The van der Waals surface area contributed by atoms with E-state index < -0.39 is 0 Å². The second-order valence-corrected chi connectivity index (χ2v) is 6.26. The Balaban J connectivity index is 1.51. The summed E-state index contributed by atoms with van der Waals surface area (Å²) >= 11 is 1.75. The van der Waals surface area contributed by atoms with Crippen LogP contribution in [-0.2, 0) is 11.2 Å². The van der Waals surface area contributed by atoms with Gasteiger partial charge >= 0.3 is 0 Å². The molecule has 3 rings (SSSR count). The van der Waals surface area contributed by atoms with Gasteiger partial charge in [-0.05, 0) is 30.4 Å². The Morgan fingerprint density at radius 3 is 3.05 bits per heavy atom. The van der Waals surface area contributed by atoms with Crippen LogP contribution in [0.5, 0.6) is 5.75 Å². The molecule has 0 aliphatic carbocycles. The molecule has 4 heteroatoms. The van der Waals surface area contributed by atoms with Crippen LogP contribution in [0.25, 0.3) is 0 Å². The highest BCUT2D eigenvalue weighted by Crippen LogP contribution is 2.31. The second-order valence-electron chi connectivity index (χ2n) is 5.23. The maximum atomic E-state index is 12.1. The van der Waals surface area contributed by atoms with Crippen molar-refractivity contribution in [3.8, 4) is 5.75 Å². The Labute approximate surface area is 129 Å². The molecule has 1 N–H and O–H groups in total. The highest BCUT2D eigenvalue weighted by atomic mass is 32.1. The van der Waals surface area contributed by atoms with Gasteiger partial charge in [0.25, 0.3) is 0 Å². The highest BCUT2D eigenvalue weighted by molar-refractivity contribution is 7.09. The predicted molar refractivity (Wildman–Crippen MR) is 84.7 cm³/mol. The summed E-state index contributed by atoms with van der Waals surface area (Å²) in [5, 5.41) is 5.22. The highest BCUT2D eigenvalue weighted by Gasteiger charge is 2.22. The van der Waals surface area contributed by atoms with Gasteiger partial charge in [-0.1, -0.05) is 24.3 Å². The number of amides is 1. The molecule has 2 aromatic rings. The lowest BCUT2D eigenvalue weighted by Gasteiger charge is -2.26. The molecule has 0 bridgehead atoms. The first kappa shape index (κ1) is 14.1. The van der Waals surface area contributed by atoms with E-state index >= 15 is 0 Å². The van der Waals surface area contributed by atoms with E-state index in [2.05, 4.69) is 22.8 Å². The van der Waals surface area contributed by atoms with E-state index in [0.29, 0.717) is 13.0 Å². The molecule has 0 unspecified atom stereocenters. The molecule has 0 saturated heterocycles. The summed E-state index contributed by atoms with van der Waals surface area (Å²) < 4.78 is 5.62. The van der Waals surface area contributed by atoms with Crippen LogP contribution < -0.4 is 10.1 Å². The summed E-state index contributed by atoms with van der Waals surface area (Å²) in [7, 11) is 0. The number of thiophene rings is 1. The Hall–Kier alpha value is -1.81. The van der Waals surface area contributed by atoms with E-state index in [1.54, 1.807) is 11.3 Å². The third-order valence-corrected chi connectivity index (χ3v) is 4.64. The van der Waals surface area contributed by atoms with Crippen LogP contribution in [0, 0.1) is 0 Å². The summed E-state index contributed by atoms with van der Waals surface area (Å²) in [5.74, 6) is 1.03. The van der Waals surface area contributed by atoms with Gasteiger partial charge in [-0.25, -0.2) is 0 Å². The summed E-state index contributed by atoms with van der Waals surface area (Å²) in [6.45, 7) is 0.664. The quantitative estimate of drug-likeness (QED) is 0.914. The minimum absolute atomic E-state index is 0.0872. The molecule has 0 spiro atoms. The van der Waals surface area contributed by atoms with E-state index in [9.17, 15) is 4.79 Å². The molecule has 2 heterocycles. The lowest BCUT2D eigenvalue weighted by molar-refractivity contribution is -0.122. The van der Waals surface area contributed by atoms with Crippen LogP contribution in [0.1, 0.15) is 35.7 Å². The molecule has 1 aromatic heterocycles. The molecule has 110 valence electrons. The fourth-order valence-corrected chi connectivity index (χ4v) is 3.39. The van der Waals surface area contributed by atoms with Crippen molar-refractivity contribution in [2.45, 2.75) is 31.7 Å². The van der Waals surface area contributed by atoms with Gasteiger partial charge in [-0.2, -0.15) is 0 Å². The first-order chi connectivity index (χ1) is 10.3. The Bertz CT molecular complexity index is 595. The van der Waals surface area contributed by atoms with Crippen LogP contribution in [0.3, 0.4) is 0 Å². The molecule has 0 radical (unpaired) electrons. The zero-order valence-electron chi connectivity index (χ0n) is 11.9. The number of para-hydroxylation sites is 1. The Morgan fingerprint density at radius 2 is 2.19 bits per heavy atom. The zero-order valence-corrected chi connectivity index (χ0v) is 12.7. The van der Waals surface area contributed by atoms with Gasteiger partial charge in [0.2, 0.25) is 5.91 Å².